The van der Waals surface area contributed by atoms with E-state index in [2.05, 4.69) is 51.0 Å². The van der Waals surface area contributed by atoms with Gasteiger partial charge in [0.25, 0.3) is 0 Å². The first-order valence-corrected chi connectivity index (χ1v) is 8.62. The van der Waals surface area contributed by atoms with Gasteiger partial charge in [0.1, 0.15) is 0 Å². The van der Waals surface area contributed by atoms with E-state index in [0.29, 0.717) is 0 Å². The SMILES string of the molecule is Cl.Cl.O.c1ccc(CCCC2CCN(CCn3ccnc3)CC2)cc1. The maximum atomic E-state index is 4.10. The second-order valence-electron chi connectivity index (χ2n) is 6.46. The van der Waals surface area contributed by atoms with Crippen molar-refractivity contribution in [2.75, 3.05) is 19.6 Å². The fourth-order valence-electron chi connectivity index (χ4n) is 3.41. The molecule has 0 radical (unpaired) electrons. The van der Waals surface area contributed by atoms with E-state index in [4.69, 9.17) is 0 Å². The summed E-state index contributed by atoms with van der Waals surface area (Å²) in [5, 5.41) is 0. The van der Waals surface area contributed by atoms with Crippen LogP contribution in [0.5, 0.6) is 0 Å². The number of aromatic nitrogens is 2. The minimum Gasteiger partial charge on any atom is -0.412 e. The van der Waals surface area contributed by atoms with Crippen LogP contribution in [-0.2, 0) is 13.0 Å². The number of rotatable bonds is 7. The van der Waals surface area contributed by atoms with Gasteiger partial charge in [-0.25, -0.2) is 4.98 Å². The van der Waals surface area contributed by atoms with Crippen molar-refractivity contribution in [1.82, 2.24) is 14.5 Å². The number of hydrogen-bond donors (Lipinski definition) is 0. The topological polar surface area (TPSA) is 52.6 Å². The molecular formula is C19H31Cl2N3O. The zero-order chi connectivity index (χ0) is 15.0. The number of likely N-dealkylation sites (tertiary alicyclic amines) is 1. The first kappa shape index (κ1) is 23.9. The lowest BCUT2D eigenvalue weighted by atomic mass is 9.91. The number of piperidine rings is 1. The molecule has 2 aromatic rings. The summed E-state index contributed by atoms with van der Waals surface area (Å²) >= 11 is 0. The van der Waals surface area contributed by atoms with Gasteiger partial charge < -0.3 is 14.9 Å². The van der Waals surface area contributed by atoms with Crippen LogP contribution in [0.1, 0.15) is 31.2 Å². The monoisotopic (exact) mass is 387 g/mol. The molecule has 0 saturated carbocycles. The molecule has 3 rings (SSSR count). The molecule has 0 atom stereocenters. The van der Waals surface area contributed by atoms with Crippen LogP contribution in [-0.4, -0.2) is 39.6 Å². The normalized spacial score (nSPS) is 14.9. The first-order chi connectivity index (χ1) is 10.9. The van der Waals surface area contributed by atoms with Crippen LogP contribution in [0.15, 0.2) is 49.1 Å². The largest absolute Gasteiger partial charge is 0.412 e. The Morgan fingerprint density at radius 3 is 2.36 bits per heavy atom. The molecule has 1 aromatic heterocycles. The molecular weight excluding hydrogens is 357 g/mol. The van der Waals surface area contributed by atoms with Crippen LogP contribution in [0.3, 0.4) is 0 Å². The van der Waals surface area contributed by atoms with Gasteiger partial charge in [-0.3, -0.25) is 0 Å². The standard InChI is InChI=1S/C19H27N3.2ClH.H2O/c1-2-5-18(6-3-1)7-4-8-19-9-12-21(13-10-19)15-16-22-14-11-20-17-22;;;/h1-3,5-6,11,14,17,19H,4,7-10,12-13,15-16H2;2*1H;1H2. The van der Waals surface area contributed by atoms with Crippen molar-refractivity contribution < 1.29 is 5.48 Å². The van der Waals surface area contributed by atoms with Crippen molar-refractivity contribution in [3.8, 4) is 0 Å². The lowest BCUT2D eigenvalue weighted by molar-refractivity contribution is 0.172. The summed E-state index contributed by atoms with van der Waals surface area (Å²) in [4.78, 5) is 6.71. The van der Waals surface area contributed by atoms with Crippen LogP contribution in [0.2, 0.25) is 0 Å². The number of benzene rings is 1. The highest BCUT2D eigenvalue weighted by molar-refractivity contribution is 5.85. The third-order valence-electron chi connectivity index (χ3n) is 4.86. The number of nitrogens with zero attached hydrogens (tertiary/aromatic N) is 3. The van der Waals surface area contributed by atoms with Crippen LogP contribution < -0.4 is 0 Å². The minimum atomic E-state index is 0. The number of aryl methyl sites for hydroxylation is 1. The van der Waals surface area contributed by atoms with Crippen molar-refractivity contribution in [3.63, 3.8) is 0 Å². The summed E-state index contributed by atoms with van der Waals surface area (Å²) in [6, 6.07) is 10.9. The number of hydrogen-bond acceptors (Lipinski definition) is 2. The van der Waals surface area contributed by atoms with Crippen molar-refractivity contribution in [2.24, 2.45) is 5.92 Å². The van der Waals surface area contributed by atoms with Gasteiger partial charge in [0, 0.05) is 25.5 Å². The second-order valence-corrected chi connectivity index (χ2v) is 6.46. The van der Waals surface area contributed by atoms with Gasteiger partial charge in [-0.15, -0.1) is 24.8 Å². The van der Waals surface area contributed by atoms with E-state index in [1.165, 1.54) is 50.8 Å². The summed E-state index contributed by atoms with van der Waals surface area (Å²) < 4.78 is 2.17. The Morgan fingerprint density at radius 2 is 1.72 bits per heavy atom. The molecule has 25 heavy (non-hydrogen) atoms. The van der Waals surface area contributed by atoms with Gasteiger partial charge in [0.2, 0.25) is 0 Å². The van der Waals surface area contributed by atoms with E-state index in [-0.39, 0.29) is 30.3 Å². The highest BCUT2D eigenvalue weighted by Crippen LogP contribution is 2.22. The van der Waals surface area contributed by atoms with Crippen LogP contribution in [0.4, 0.5) is 0 Å². The fourth-order valence-corrected chi connectivity index (χ4v) is 3.41. The third-order valence-corrected chi connectivity index (χ3v) is 4.86. The molecule has 0 amide bonds. The van der Waals surface area contributed by atoms with Crippen molar-refractivity contribution in [1.29, 1.82) is 0 Å². The van der Waals surface area contributed by atoms with E-state index in [9.17, 15) is 0 Å². The van der Waals surface area contributed by atoms with Gasteiger partial charge in [-0.2, -0.15) is 0 Å². The maximum absolute atomic E-state index is 4.10. The van der Waals surface area contributed by atoms with E-state index in [0.717, 1.165) is 19.0 Å². The Balaban J connectivity index is 0.00000192. The van der Waals surface area contributed by atoms with Crippen molar-refractivity contribution in [2.45, 2.75) is 38.6 Å². The van der Waals surface area contributed by atoms with Gasteiger partial charge in [0.05, 0.1) is 6.33 Å². The molecule has 0 aliphatic carbocycles. The summed E-state index contributed by atoms with van der Waals surface area (Å²) in [6.45, 7) is 4.77. The molecule has 6 heteroatoms. The molecule has 0 spiro atoms. The van der Waals surface area contributed by atoms with E-state index < -0.39 is 0 Å². The molecule has 2 N–H and O–H groups in total. The Hall–Kier alpha value is -1.07. The minimum absolute atomic E-state index is 0. The van der Waals surface area contributed by atoms with E-state index in [1.54, 1.807) is 0 Å². The molecule has 0 unspecified atom stereocenters. The summed E-state index contributed by atoms with van der Waals surface area (Å²) in [5.41, 5.74) is 1.49. The first-order valence-electron chi connectivity index (χ1n) is 8.62. The Morgan fingerprint density at radius 1 is 1.00 bits per heavy atom. The zero-order valence-electron chi connectivity index (χ0n) is 14.7. The van der Waals surface area contributed by atoms with Gasteiger partial charge >= 0.3 is 0 Å². The lowest BCUT2D eigenvalue weighted by Gasteiger charge is -2.32. The molecule has 2 heterocycles. The Bertz CT molecular complexity index is 529. The van der Waals surface area contributed by atoms with E-state index in [1.807, 2.05) is 12.5 Å². The highest BCUT2D eigenvalue weighted by Gasteiger charge is 2.18. The Kier molecular flexibility index (Phi) is 12.6. The molecule has 1 saturated heterocycles. The average Bonchev–Trinajstić information content (AvgIpc) is 3.09. The van der Waals surface area contributed by atoms with Gasteiger partial charge in [-0.1, -0.05) is 36.8 Å². The molecule has 142 valence electrons. The fraction of sp³-hybridized carbons (Fsp3) is 0.526. The quantitative estimate of drug-likeness (QED) is 0.727. The summed E-state index contributed by atoms with van der Waals surface area (Å²) in [7, 11) is 0. The predicted molar refractivity (Wildman–Crippen MR) is 109 cm³/mol. The molecule has 1 fully saturated rings. The average molecular weight is 388 g/mol. The number of imidazole rings is 1. The van der Waals surface area contributed by atoms with Crippen LogP contribution >= 0.6 is 24.8 Å². The number of halogens is 2. The van der Waals surface area contributed by atoms with Gasteiger partial charge in [0.15, 0.2) is 0 Å². The molecule has 1 aromatic carbocycles. The smallest absolute Gasteiger partial charge is 0.0946 e. The molecule has 1 aliphatic rings. The van der Waals surface area contributed by atoms with Crippen LogP contribution in [0.25, 0.3) is 0 Å². The van der Waals surface area contributed by atoms with Gasteiger partial charge in [-0.05, 0) is 50.3 Å². The van der Waals surface area contributed by atoms with Crippen molar-refractivity contribution in [3.05, 3.63) is 54.6 Å². The molecule has 4 nitrogen and oxygen atoms in total. The zero-order valence-corrected chi connectivity index (χ0v) is 16.4. The molecule has 1 aliphatic heterocycles. The summed E-state index contributed by atoms with van der Waals surface area (Å²) in [6.07, 6.45) is 12.5. The highest BCUT2D eigenvalue weighted by atomic mass is 35.5. The second kappa shape index (κ2) is 13.2. The summed E-state index contributed by atoms with van der Waals surface area (Å²) in [5.74, 6) is 0.938. The van der Waals surface area contributed by atoms with Crippen LogP contribution in [0, 0.1) is 5.92 Å². The third kappa shape index (κ3) is 8.23. The van der Waals surface area contributed by atoms with E-state index >= 15 is 0 Å². The van der Waals surface area contributed by atoms with Crippen molar-refractivity contribution >= 4 is 24.8 Å². The maximum Gasteiger partial charge on any atom is 0.0946 e. The predicted octanol–water partition coefficient (Wildman–Crippen LogP) is 3.64. The lowest BCUT2D eigenvalue weighted by Crippen LogP contribution is -2.35. The Labute approximate surface area is 163 Å². The molecule has 0 bridgehead atoms.